The largest absolute Gasteiger partial charge is 0.307 e. The molecule has 0 fully saturated rings. The maximum Gasteiger partial charge on any atom is 0.0854 e. The third kappa shape index (κ3) is 1.88. The molecule has 0 saturated carbocycles. The quantitative estimate of drug-likeness (QED) is 0.937. The summed E-state index contributed by atoms with van der Waals surface area (Å²) >= 11 is 8.15. The van der Waals surface area contributed by atoms with Gasteiger partial charge in [0.15, 0.2) is 0 Å². The van der Waals surface area contributed by atoms with Gasteiger partial charge < -0.3 is 5.32 Å². The molecule has 0 aromatic carbocycles. The lowest BCUT2D eigenvalue weighted by Crippen LogP contribution is -2.20. The van der Waals surface area contributed by atoms with Crippen molar-refractivity contribution in [3.05, 3.63) is 38.3 Å². The summed E-state index contributed by atoms with van der Waals surface area (Å²) < 4.78 is 1.86. The SMILES string of the molecule is CNC(c1cc2c(s1)CCC2)c1c(Cl)cnn1C. The van der Waals surface area contributed by atoms with E-state index >= 15 is 0 Å². The molecule has 0 bridgehead atoms. The molecule has 2 heterocycles. The molecule has 0 amide bonds. The van der Waals surface area contributed by atoms with E-state index in [4.69, 9.17) is 11.6 Å². The van der Waals surface area contributed by atoms with E-state index < -0.39 is 0 Å². The Bertz CT molecular complexity index is 532. The zero-order valence-corrected chi connectivity index (χ0v) is 12.1. The van der Waals surface area contributed by atoms with Crippen LogP contribution in [0.25, 0.3) is 0 Å². The summed E-state index contributed by atoms with van der Waals surface area (Å²) in [6.07, 6.45) is 5.47. The van der Waals surface area contributed by atoms with Gasteiger partial charge in [-0.3, -0.25) is 4.68 Å². The highest BCUT2D eigenvalue weighted by molar-refractivity contribution is 7.12. The Morgan fingerprint density at radius 3 is 2.94 bits per heavy atom. The van der Waals surface area contributed by atoms with Crippen molar-refractivity contribution in [3.8, 4) is 0 Å². The van der Waals surface area contributed by atoms with Crippen molar-refractivity contribution in [1.82, 2.24) is 15.1 Å². The summed E-state index contributed by atoms with van der Waals surface area (Å²) in [7, 11) is 3.91. The highest BCUT2D eigenvalue weighted by Gasteiger charge is 2.24. The molecule has 0 saturated heterocycles. The molecule has 0 aliphatic heterocycles. The number of aromatic nitrogens is 2. The van der Waals surface area contributed by atoms with Crippen LogP contribution in [0.5, 0.6) is 0 Å². The molecule has 5 heteroatoms. The number of fused-ring (bicyclic) bond motifs is 1. The lowest BCUT2D eigenvalue weighted by molar-refractivity contribution is 0.613. The number of nitrogens with one attached hydrogen (secondary N) is 1. The number of aryl methyl sites for hydroxylation is 3. The molecule has 0 radical (unpaired) electrons. The van der Waals surface area contributed by atoms with Crippen LogP contribution in [0.1, 0.15) is 33.5 Å². The maximum atomic E-state index is 6.24. The standard InChI is InChI=1S/C13H16ClN3S/c1-15-12(13-9(14)7-16-17(13)2)11-6-8-4-3-5-10(8)18-11/h6-7,12,15H,3-5H2,1-2H3. The average Bonchev–Trinajstić information content (AvgIpc) is 2.99. The van der Waals surface area contributed by atoms with Crippen molar-refractivity contribution >= 4 is 22.9 Å². The van der Waals surface area contributed by atoms with Crippen molar-refractivity contribution < 1.29 is 0 Å². The van der Waals surface area contributed by atoms with Gasteiger partial charge >= 0.3 is 0 Å². The first-order valence-electron chi connectivity index (χ1n) is 6.17. The fourth-order valence-electron chi connectivity index (χ4n) is 2.65. The van der Waals surface area contributed by atoms with Gasteiger partial charge in [0.1, 0.15) is 0 Å². The number of halogens is 1. The highest BCUT2D eigenvalue weighted by Crippen LogP contribution is 2.37. The lowest BCUT2D eigenvalue weighted by Gasteiger charge is -2.15. The summed E-state index contributed by atoms with van der Waals surface area (Å²) in [5.41, 5.74) is 2.56. The molecule has 1 aliphatic rings. The second kappa shape index (κ2) is 4.68. The number of hydrogen-bond donors (Lipinski definition) is 1. The van der Waals surface area contributed by atoms with E-state index in [9.17, 15) is 0 Å². The number of rotatable bonds is 3. The number of hydrogen-bond acceptors (Lipinski definition) is 3. The Balaban J connectivity index is 2.02. The Morgan fingerprint density at radius 2 is 2.33 bits per heavy atom. The van der Waals surface area contributed by atoms with Crippen LogP contribution in [0.15, 0.2) is 12.3 Å². The second-order valence-electron chi connectivity index (χ2n) is 4.67. The van der Waals surface area contributed by atoms with Crippen LogP contribution >= 0.6 is 22.9 Å². The molecule has 1 unspecified atom stereocenters. The van der Waals surface area contributed by atoms with Gasteiger partial charge in [-0.15, -0.1) is 11.3 Å². The molecule has 3 nitrogen and oxygen atoms in total. The van der Waals surface area contributed by atoms with Gasteiger partial charge in [0.2, 0.25) is 0 Å². The van der Waals surface area contributed by atoms with Crippen LogP contribution in [-0.4, -0.2) is 16.8 Å². The Morgan fingerprint density at radius 1 is 1.50 bits per heavy atom. The summed E-state index contributed by atoms with van der Waals surface area (Å²) in [4.78, 5) is 2.89. The fraction of sp³-hybridized carbons (Fsp3) is 0.462. The van der Waals surface area contributed by atoms with E-state index in [-0.39, 0.29) is 6.04 Å². The normalized spacial score (nSPS) is 15.9. The van der Waals surface area contributed by atoms with Crippen LogP contribution in [0.3, 0.4) is 0 Å². The van der Waals surface area contributed by atoms with E-state index in [2.05, 4.69) is 16.5 Å². The topological polar surface area (TPSA) is 29.9 Å². The second-order valence-corrected chi connectivity index (χ2v) is 6.25. The number of nitrogens with zero attached hydrogens (tertiary/aromatic N) is 2. The average molecular weight is 282 g/mol. The first-order chi connectivity index (χ1) is 8.70. The van der Waals surface area contributed by atoms with Crippen molar-refractivity contribution in [2.45, 2.75) is 25.3 Å². The minimum atomic E-state index is 0.139. The Labute approximate surface area is 116 Å². The van der Waals surface area contributed by atoms with Crippen molar-refractivity contribution in [2.75, 3.05) is 7.05 Å². The molecule has 1 atom stereocenters. The zero-order valence-electron chi connectivity index (χ0n) is 10.5. The van der Waals surface area contributed by atoms with Crippen molar-refractivity contribution in [1.29, 1.82) is 0 Å². The van der Waals surface area contributed by atoms with Crippen LogP contribution in [-0.2, 0) is 19.9 Å². The molecule has 0 spiro atoms. The zero-order chi connectivity index (χ0) is 12.7. The van der Waals surface area contributed by atoms with E-state index in [0.29, 0.717) is 0 Å². The van der Waals surface area contributed by atoms with Gasteiger partial charge in [0.05, 0.1) is 23.0 Å². The first-order valence-corrected chi connectivity index (χ1v) is 7.36. The predicted molar refractivity (Wildman–Crippen MR) is 75.5 cm³/mol. The minimum absolute atomic E-state index is 0.139. The molecule has 2 aromatic heterocycles. The fourth-order valence-corrected chi connectivity index (χ4v) is 4.30. The van der Waals surface area contributed by atoms with Gasteiger partial charge in [0, 0.05) is 16.8 Å². The summed E-state index contributed by atoms with van der Waals surface area (Å²) in [5.74, 6) is 0. The summed E-state index contributed by atoms with van der Waals surface area (Å²) in [5, 5.41) is 8.31. The van der Waals surface area contributed by atoms with E-state index in [1.54, 1.807) is 11.1 Å². The minimum Gasteiger partial charge on any atom is -0.307 e. The molecule has 1 N–H and O–H groups in total. The van der Waals surface area contributed by atoms with E-state index in [1.165, 1.54) is 29.7 Å². The summed E-state index contributed by atoms with van der Waals surface area (Å²) in [6, 6.07) is 2.47. The highest BCUT2D eigenvalue weighted by atomic mass is 35.5. The monoisotopic (exact) mass is 281 g/mol. The van der Waals surface area contributed by atoms with Crippen LogP contribution in [0.4, 0.5) is 0 Å². The van der Waals surface area contributed by atoms with Gasteiger partial charge in [-0.1, -0.05) is 11.6 Å². The molecule has 1 aliphatic carbocycles. The predicted octanol–water partition coefficient (Wildman–Crippen LogP) is 2.93. The van der Waals surface area contributed by atoms with Gasteiger partial charge in [-0.2, -0.15) is 5.10 Å². The van der Waals surface area contributed by atoms with Crippen molar-refractivity contribution in [2.24, 2.45) is 7.05 Å². The summed E-state index contributed by atoms with van der Waals surface area (Å²) in [6.45, 7) is 0. The molecule has 18 heavy (non-hydrogen) atoms. The smallest absolute Gasteiger partial charge is 0.0854 e. The third-order valence-corrected chi connectivity index (χ3v) is 5.14. The van der Waals surface area contributed by atoms with Gasteiger partial charge in [-0.25, -0.2) is 0 Å². The van der Waals surface area contributed by atoms with Gasteiger partial charge in [-0.05, 0) is 37.9 Å². The number of thiophene rings is 1. The maximum absolute atomic E-state index is 6.24. The van der Waals surface area contributed by atoms with E-state index in [1.807, 2.05) is 30.1 Å². The van der Waals surface area contributed by atoms with Crippen molar-refractivity contribution in [3.63, 3.8) is 0 Å². The molecule has 3 rings (SSSR count). The first kappa shape index (κ1) is 12.2. The third-order valence-electron chi connectivity index (χ3n) is 3.55. The van der Waals surface area contributed by atoms with Gasteiger partial charge in [0.25, 0.3) is 0 Å². The van der Waals surface area contributed by atoms with Crippen LogP contribution in [0.2, 0.25) is 5.02 Å². The molecule has 2 aromatic rings. The lowest BCUT2D eigenvalue weighted by atomic mass is 10.1. The Hall–Kier alpha value is -0.840. The molecular weight excluding hydrogens is 266 g/mol. The molecular formula is C13H16ClN3S. The molecule has 96 valence electrons. The van der Waals surface area contributed by atoms with Crippen LogP contribution in [0, 0.1) is 0 Å². The van der Waals surface area contributed by atoms with E-state index in [0.717, 1.165) is 10.7 Å². The Kier molecular flexibility index (Phi) is 3.18. The van der Waals surface area contributed by atoms with Crippen LogP contribution < -0.4 is 5.32 Å².